The summed E-state index contributed by atoms with van der Waals surface area (Å²) in [6, 6.07) is 0.286. The summed E-state index contributed by atoms with van der Waals surface area (Å²) >= 11 is 0. The summed E-state index contributed by atoms with van der Waals surface area (Å²) in [4.78, 5) is 0. The standard InChI is InChI=1S/C14H27NO/c1-10(2)12-5-6-13(15)14(9-12)16-8-7-11-3-4-11/h10-14H,3-9,15H2,1-2H3. The number of nitrogens with two attached hydrogens (primary N) is 1. The molecule has 0 aromatic carbocycles. The van der Waals surface area contributed by atoms with E-state index in [2.05, 4.69) is 13.8 Å². The molecule has 0 aliphatic heterocycles. The van der Waals surface area contributed by atoms with Crippen molar-refractivity contribution < 1.29 is 4.74 Å². The first kappa shape index (κ1) is 12.4. The fraction of sp³-hybridized carbons (Fsp3) is 1.00. The third kappa shape index (κ3) is 3.46. The predicted molar refractivity (Wildman–Crippen MR) is 67.2 cm³/mol. The molecule has 94 valence electrons. The molecule has 2 heteroatoms. The van der Waals surface area contributed by atoms with Gasteiger partial charge in [-0.1, -0.05) is 26.7 Å². The van der Waals surface area contributed by atoms with E-state index in [4.69, 9.17) is 10.5 Å². The van der Waals surface area contributed by atoms with Gasteiger partial charge >= 0.3 is 0 Å². The minimum Gasteiger partial charge on any atom is -0.377 e. The SMILES string of the molecule is CC(C)C1CCC(N)C(OCCC2CC2)C1. The number of hydrogen-bond donors (Lipinski definition) is 1. The van der Waals surface area contributed by atoms with E-state index in [1.54, 1.807) is 0 Å². The van der Waals surface area contributed by atoms with Crippen molar-refractivity contribution in [2.75, 3.05) is 6.61 Å². The monoisotopic (exact) mass is 225 g/mol. The number of ether oxygens (including phenoxy) is 1. The molecule has 0 saturated heterocycles. The van der Waals surface area contributed by atoms with E-state index < -0.39 is 0 Å². The summed E-state index contributed by atoms with van der Waals surface area (Å²) < 4.78 is 6.00. The topological polar surface area (TPSA) is 35.2 Å². The lowest BCUT2D eigenvalue weighted by Crippen LogP contribution is -2.43. The molecular formula is C14H27NO. The van der Waals surface area contributed by atoms with Crippen LogP contribution < -0.4 is 5.73 Å². The van der Waals surface area contributed by atoms with Crippen LogP contribution in [0.4, 0.5) is 0 Å². The zero-order valence-electron chi connectivity index (χ0n) is 10.8. The summed E-state index contributed by atoms with van der Waals surface area (Å²) in [5.41, 5.74) is 6.15. The number of rotatable bonds is 5. The largest absolute Gasteiger partial charge is 0.377 e. The van der Waals surface area contributed by atoms with Gasteiger partial charge in [0.1, 0.15) is 0 Å². The van der Waals surface area contributed by atoms with Crippen molar-refractivity contribution in [3.05, 3.63) is 0 Å². The Morgan fingerprint density at radius 1 is 1.19 bits per heavy atom. The van der Waals surface area contributed by atoms with E-state index in [-0.39, 0.29) is 6.04 Å². The van der Waals surface area contributed by atoms with Crippen molar-refractivity contribution in [2.45, 2.75) is 64.5 Å². The summed E-state index contributed by atoms with van der Waals surface area (Å²) in [7, 11) is 0. The van der Waals surface area contributed by atoms with Gasteiger partial charge in [-0.05, 0) is 43.4 Å². The molecule has 2 aliphatic rings. The minimum absolute atomic E-state index is 0.286. The Morgan fingerprint density at radius 2 is 1.94 bits per heavy atom. The highest BCUT2D eigenvalue weighted by molar-refractivity contribution is 4.85. The second-order valence-electron chi connectivity index (χ2n) is 6.12. The molecular weight excluding hydrogens is 198 g/mol. The van der Waals surface area contributed by atoms with E-state index >= 15 is 0 Å². The van der Waals surface area contributed by atoms with Crippen LogP contribution in [0.15, 0.2) is 0 Å². The van der Waals surface area contributed by atoms with E-state index in [1.165, 1.54) is 32.1 Å². The van der Waals surface area contributed by atoms with Crippen molar-refractivity contribution in [3.63, 3.8) is 0 Å². The molecule has 16 heavy (non-hydrogen) atoms. The average Bonchev–Trinajstić information content (AvgIpc) is 3.04. The molecule has 3 atom stereocenters. The molecule has 3 unspecified atom stereocenters. The Kier molecular flexibility index (Phi) is 4.26. The van der Waals surface area contributed by atoms with Crippen LogP contribution in [0.1, 0.15) is 52.4 Å². The van der Waals surface area contributed by atoms with Crippen LogP contribution in [0.5, 0.6) is 0 Å². The Labute approximate surface area is 99.9 Å². The van der Waals surface area contributed by atoms with Gasteiger partial charge in [-0.3, -0.25) is 0 Å². The first-order valence-electron chi connectivity index (χ1n) is 7.04. The third-order valence-electron chi connectivity index (χ3n) is 4.38. The van der Waals surface area contributed by atoms with Gasteiger partial charge in [-0.2, -0.15) is 0 Å². The van der Waals surface area contributed by atoms with Crippen molar-refractivity contribution in [3.8, 4) is 0 Å². The van der Waals surface area contributed by atoms with E-state index in [1.807, 2.05) is 0 Å². The quantitative estimate of drug-likeness (QED) is 0.780. The van der Waals surface area contributed by atoms with Gasteiger partial charge in [0.15, 0.2) is 0 Å². The highest BCUT2D eigenvalue weighted by Gasteiger charge is 2.30. The molecule has 0 radical (unpaired) electrons. The fourth-order valence-electron chi connectivity index (χ4n) is 2.77. The summed E-state index contributed by atoms with van der Waals surface area (Å²) in [5.74, 6) is 2.58. The Balaban J connectivity index is 1.71. The summed E-state index contributed by atoms with van der Waals surface area (Å²) in [5, 5.41) is 0. The molecule has 0 amide bonds. The molecule has 2 rings (SSSR count). The highest BCUT2D eigenvalue weighted by Crippen LogP contribution is 2.34. The smallest absolute Gasteiger partial charge is 0.0728 e. The molecule has 2 aliphatic carbocycles. The lowest BCUT2D eigenvalue weighted by molar-refractivity contribution is -0.00947. The predicted octanol–water partition coefficient (Wildman–Crippen LogP) is 2.96. The Morgan fingerprint density at radius 3 is 2.56 bits per heavy atom. The van der Waals surface area contributed by atoms with Crippen LogP contribution in [0.3, 0.4) is 0 Å². The molecule has 0 bridgehead atoms. The molecule has 0 heterocycles. The van der Waals surface area contributed by atoms with Crippen molar-refractivity contribution in [1.29, 1.82) is 0 Å². The van der Waals surface area contributed by atoms with E-state index in [9.17, 15) is 0 Å². The number of hydrogen-bond acceptors (Lipinski definition) is 2. The van der Waals surface area contributed by atoms with Crippen LogP contribution in [-0.2, 0) is 4.74 Å². The van der Waals surface area contributed by atoms with Crippen molar-refractivity contribution >= 4 is 0 Å². The fourth-order valence-corrected chi connectivity index (χ4v) is 2.77. The highest BCUT2D eigenvalue weighted by atomic mass is 16.5. The van der Waals surface area contributed by atoms with Gasteiger partial charge < -0.3 is 10.5 Å². The van der Waals surface area contributed by atoms with Gasteiger partial charge in [0.2, 0.25) is 0 Å². The van der Waals surface area contributed by atoms with Gasteiger partial charge in [0.25, 0.3) is 0 Å². The van der Waals surface area contributed by atoms with Gasteiger partial charge in [0.05, 0.1) is 6.10 Å². The molecule has 2 nitrogen and oxygen atoms in total. The maximum absolute atomic E-state index is 6.15. The van der Waals surface area contributed by atoms with Crippen LogP contribution >= 0.6 is 0 Å². The lowest BCUT2D eigenvalue weighted by Gasteiger charge is -2.35. The molecule has 2 saturated carbocycles. The van der Waals surface area contributed by atoms with Gasteiger partial charge in [-0.15, -0.1) is 0 Å². The van der Waals surface area contributed by atoms with E-state index in [0.717, 1.165) is 30.8 Å². The van der Waals surface area contributed by atoms with Crippen LogP contribution in [0, 0.1) is 17.8 Å². The molecule has 0 aromatic heterocycles. The minimum atomic E-state index is 0.286. The van der Waals surface area contributed by atoms with Crippen LogP contribution in [0.25, 0.3) is 0 Å². The first-order chi connectivity index (χ1) is 7.66. The second kappa shape index (κ2) is 5.50. The van der Waals surface area contributed by atoms with Crippen molar-refractivity contribution in [1.82, 2.24) is 0 Å². The third-order valence-corrected chi connectivity index (χ3v) is 4.38. The summed E-state index contributed by atoms with van der Waals surface area (Å²) in [6.07, 6.45) is 8.07. The van der Waals surface area contributed by atoms with E-state index in [0.29, 0.717) is 6.10 Å². The zero-order chi connectivity index (χ0) is 11.5. The Bertz CT molecular complexity index is 213. The van der Waals surface area contributed by atoms with Crippen molar-refractivity contribution in [2.24, 2.45) is 23.5 Å². The second-order valence-corrected chi connectivity index (χ2v) is 6.12. The maximum Gasteiger partial charge on any atom is 0.0728 e. The first-order valence-corrected chi connectivity index (χ1v) is 7.04. The lowest BCUT2D eigenvalue weighted by atomic mass is 9.78. The molecule has 0 spiro atoms. The normalized spacial score (nSPS) is 35.6. The van der Waals surface area contributed by atoms with Gasteiger partial charge in [-0.25, -0.2) is 0 Å². The molecule has 0 aromatic rings. The van der Waals surface area contributed by atoms with Crippen LogP contribution in [0.2, 0.25) is 0 Å². The van der Waals surface area contributed by atoms with Gasteiger partial charge in [0, 0.05) is 12.6 Å². The molecule has 2 fully saturated rings. The summed E-state index contributed by atoms with van der Waals surface area (Å²) in [6.45, 7) is 5.58. The molecule has 2 N–H and O–H groups in total. The maximum atomic E-state index is 6.15. The average molecular weight is 225 g/mol. The van der Waals surface area contributed by atoms with Crippen LogP contribution in [-0.4, -0.2) is 18.8 Å². The Hall–Kier alpha value is -0.0800. The zero-order valence-corrected chi connectivity index (χ0v) is 10.8.